The monoisotopic (exact) mass is 346 g/mol. The second kappa shape index (κ2) is 8.80. The van der Waals surface area contributed by atoms with Gasteiger partial charge in [0.05, 0.1) is 0 Å². The summed E-state index contributed by atoms with van der Waals surface area (Å²) in [6.07, 6.45) is 3.60. The van der Waals surface area contributed by atoms with Crippen LogP contribution in [0.2, 0.25) is 0 Å². The predicted octanol–water partition coefficient (Wildman–Crippen LogP) is 6.65. The van der Waals surface area contributed by atoms with Crippen molar-refractivity contribution in [3.05, 3.63) is 82.9 Å². The maximum atomic E-state index is 12.8. The molecule has 0 fully saturated rings. The Kier molecular flexibility index (Phi) is 6.74. The highest BCUT2D eigenvalue weighted by Crippen LogP contribution is 2.26. The van der Waals surface area contributed by atoms with Crippen LogP contribution in [0, 0.1) is 25.7 Å². The van der Waals surface area contributed by atoms with Crippen molar-refractivity contribution in [2.75, 3.05) is 0 Å². The summed E-state index contributed by atoms with van der Waals surface area (Å²) in [4.78, 5) is 12.8. The first-order valence-corrected chi connectivity index (χ1v) is 9.39. The highest BCUT2D eigenvalue weighted by atomic mass is 16.1. The Morgan fingerprint density at radius 3 is 1.23 bits per heavy atom. The number of aryl methyl sites for hydroxylation is 2. The van der Waals surface area contributed by atoms with Crippen LogP contribution in [0.5, 0.6) is 0 Å². The summed E-state index contributed by atoms with van der Waals surface area (Å²) >= 11 is 0. The van der Waals surface area contributed by atoms with Crippen molar-refractivity contribution in [2.24, 2.45) is 11.8 Å². The molecule has 2 rings (SSSR count). The minimum Gasteiger partial charge on any atom is -0.290 e. The van der Waals surface area contributed by atoms with Gasteiger partial charge in [0, 0.05) is 0 Å². The summed E-state index contributed by atoms with van der Waals surface area (Å²) in [7, 11) is 0. The Hall–Kier alpha value is -2.41. The van der Waals surface area contributed by atoms with Gasteiger partial charge in [0.25, 0.3) is 0 Å². The van der Waals surface area contributed by atoms with Crippen LogP contribution < -0.4 is 0 Å². The summed E-state index contributed by atoms with van der Waals surface area (Å²) < 4.78 is 0. The first kappa shape index (κ1) is 19.9. The minimum atomic E-state index is 0.0542. The van der Waals surface area contributed by atoms with Crippen molar-refractivity contribution < 1.29 is 4.79 Å². The summed E-state index contributed by atoms with van der Waals surface area (Å²) in [6.45, 7) is 12.7. The molecular weight excluding hydrogens is 316 g/mol. The van der Waals surface area contributed by atoms with Gasteiger partial charge in [0.15, 0.2) is 5.78 Å². The molecule has 0 aromatic heterocycles. The predicted molar refractivity (Wildman–Crippen MR) is 113 cm³/mol. The lowest BCUT2D eigenvalue weighted by atomic mass is 9.91. The van der Waals surface area contributed by atoms with E-state index in [0.717, 1.165) is 22.3 Å². The van der Waals surface area contributed by atoms with Gasteiger partial charge in [-0.2, -0.15) is 0 Å². The van der Waals surface area contributed by atoms with E-state index in [1.54, 1.807) is 12.2 Å². The van der Waals surface area contributed by atoms with Gasteiger partial charge in [-0.1, -0.05) is 87.4 Å². The molecule has 0 amide bonds. The average molecular weight is 347 g/mol. The largest absolute Gasteiger partial charge is 0.290 e. The number of carbonyl (C=O) groups is 1. The number of rotatable bonds is 6. The number of benzene rings is 2. The van der Waals surface area contributed by atoms with Gasteiger partial charge in [-0.15, -0.1) is 0 Å². The van der Waals surface area contributed by atoms with Gasteiger partial charge in [-0.3, -0.25) is 4.79 Å². The maximum absolute atomic E-state index is 12.8. The van der Waals surface area contributed by atoms with Crippen LogP contribution in [0.4, 0.5) is 0 Å². The molecule has 0 radical (unpaired) electrons. The third-order valence-corrected chi connectivity index (χ3v) is 4.61. The molecule has 0 saturated heterocycles. The van der Waals surface area contributed by atoms with Gasteiger partial charge in [0.1, 0.15) is 0 Å². The summed E-state index contributed by atoms with van der Waals surface area (Å²) in [6, 6.07) is 16.8. The van der Waals surface area contributed by atoms with Gasteiger partial charge < -0.3 is 0 Å². The van der Waals surface area contributed by atoms with Gasteiger partial charge >= 0.3 is 0 Å². The van der Waals surface area contributed by atoms with Crippen molar-refractivity contribution in [1.29, 1.82) is 0 Å². The van der Waals surface area contributed by atoms with Crippen molar-refractivity contribution >= 4 is 16.9 Å². The normalized spacial score (nSPS) is 12.8. The highest BCUT2D eigenvalue weighted by molar-refractivity contribution is 6.08. The van der Waals surface area contributed by atoms with Crippen LogP contribution >= 0.6 is 0 Å². The van der Waals surface area contributed by atoms with E-state index >= 15 is 0 Å². The van der Waals surface area contributed by atoms with E-state index in [1.807, 2.05) is 0 Å². The van der Waals surface area contributed by atoms with Crippen LogP contribution in [-0.4, -0.2) is 5.78 Å². The van der Waals surface area contributed by atoms with Crippen LogP contribution in [-0.2, 0) is 4.79 Å². The first-order valence-electron chi connectivity index (χ1n) is 9.39. The molecule has 0 aliphatic rings. The summed E-state index contributed by atoms with van der Waals surface area (Å²) in [5.74, 6) is 0.632. The molecule has 0 aliphatic heterocycles. The smallest absolute Gasteiger partial charge is 0.179 e. The second-order valence-corrected chi connectivity index (χ2v) is 7.64. The number of hydrogen-bond donors (Lipinski definition) is 0. The van der Waals surface area contributed by atoms with Crippen molar-refractivity contribution in [3.63, 3.8) is 0 Å². The molecular formula is C25H30O. The molecule has 0 bridgehead atoms. The topological polar surface area (TPSA) is 17.1 Å². The van der Waals surface area contributed by atoms with Gasteiger partial charge in [-0.05, 0) is 60.1 Å². The van der Waals surface area contributed by atoms with Crippen molar-refractivity contribution in [3.8, 4) is 0 Å². The van der Waals surface area contributed by atoms with Crippen LogP contribution in [0.25, 0.3) is 11.1 Å². The quantitative estimate of drug-likeness (QED) is 0.535. The molecule has 0 N–H and O–H groups in total. The zero-order valence-corrected chi connectivity index (χ0v) is 16.8. The Morgan fingerprint density at radius 2 is 0.962 bits per heavy atom. The molecule has 0 spiro atoms. The molecule has 2 aromatic rings. The van der Waals surface area contributed by atoms with E-state index < -0.39 is 0 Å². The molecule has 0 aliphatic carbocycles. The summed E-state index contributed by atoms with van der Waals surface area (Å²) in [5.41, 5.74) is 6.85. The fraction of sp³-hybridized carbons (Fsp3) is 0.320. The average Bonchev–Trinajstić information content (AvgIpc) is 2.59. The fourth-order valence-corrected chi connectivity index (χ4v) is 3.01. The van der Waals surface area contributed by atoms with Crippen molar-refractivity contribution in [2.45, 2.75) is 41.5 Å². The fourth-order valence-electron chi connectivity index (χ4n) is 3.01. The van der Waals surface area contributed by atoms with Crippen LogP contribution in [0.3, 0.4) is 0 Å². The van der Waals surface area contributed by atoms with E-state index in [1.165, 1.54) is 11.1 Å². The van der Waals surface area contributed by atoms with Crippen LogP contribution in [0.1, 0.15) is 49.9 Å². The molecule has 1 heteroatoms. The molecule has 2 aromatic carbocycles. The van der Waals surface area contributed by atoms with E-state index in [9.17, 15) is 4.79 Å². The Morgan fingerprint density at radius 1 is 0.654 bits per heavy atom. The Labute approximate surface area is 158 Å². The Bertz CT molecular complexity index is 731. The Balaban J connectivity index is 2.39. The number of carbonyl (C=O) groups excluding carboxylic acids is 1. The SMILES string of the molecule is Cc1ccc(C(=CC(=O)C=C(c2ccc(C)cc2)C(C)C)C(C)C)cc1. The molecule has 0 saturated carbocycles. The number of allylic oxidation sites excluding steroid dienone is 4. The maximum Gasteiger partial charge on any atom is 0.179 e. The van der Waals surface area contributed by atoms with E-state index in [0.29, 0.717) is 0 Å². The molecule has 0 heterocycles. The molecule has 136 valence electrons. The summed E-state index contributed by atoms with van der Waals surface area (Å²) in [5, 5.41) is 0. The number of ketones is 1. The van der Waals surface area contributed by atoms with E-state index in [4.69, 9.17) is 0 Å². The van der Waals surface area contributed by atoms with Crippen molar-refractivity contribution in [1.82, 2.24) is 0 Å². The van der Waals surface area contributed by atoms with Gasteiger partial charge in [0.2, 0.25) is 0 Å². The second-order valence-electron chi connectivity index (χ2n) is 7.64. The molecule has 0 unspecified atom stereocenters. The lowest BCUT2D eigenvalue weighted by molar-refractivity contribution is -0.110. The van der Waals surface area contributed by atoms with E-state index in [2.05, 4.69) is 90.1 Å². The lowest BCUT2D eigenvalue weighted by Gasteiger charge is -2.13. The highest BCUT2D eigenvalue weighted by Gasteiger charge is 2.11. The lowest BCUT2D eigenvalue weighted by Crippen LogP contribution is -2.01. The molecule has 0 atom stereocenters. The van der Waals surface area contributed by atoms with Crippen LogP contribution in [0.15, 0.2) is 60.7 Å². The molecule has 26 heavy (non-hydrogen) atoms. The first-order chi connectivity index (χ1) is 12.3. The number of hydrogen-bond acceptors (Lipinski definition) is 1. The standard InChI is InChI=1S/C25H30O/c1-17(2)24(21-11-7-19(5)8-12-21)15-23(26)16-25(18(3)4)22-13-9-20(6)10-14-22/h7-18H,1-6H3. The zero-order chi connectivity index (χ0) is 19.3. The van der Waals surface area contributed by atoms with E-state index in [-0.39, 0.29) is 17.6 Å². The third-order valence-electron chi connectivity index (χ3n) is 4.61. The minimum absolute atomic E-state index is 0.0542. The third kappa shape index (κ3) is 5.29. The molecule has 1 nitrogen and oxygen atoms in total. The van der Waals surface area contributed by atoms with Gasteiger partial charge in [-0.25, -0.2) is 0 Å². The zero-order valence-electron chi connectivity index (χ0n) is 16.8.